The maximum absolute atomic E-state index is 11.9. The van der Waals surface area contributed by atoms with E-state index in [-0.39, 0.29) is 11.7 Å². The van der Waals surface area contributed by atoms with Crippen LogP contribution in [0.3, 0.4) is 0 Å². The molecule has 4 heteroatoms. The molecule has 0 atom stereocenters. The van der Waals surface area contributed by atoms with Crippen molar-refractivity contribution in [1.29, 1.82) is 0 Å². The number of carbonyl (C=O) groups excluding carboxylic acids is 2. The van der Waals surface area contributed by atoms with Gasteiger partial charge < -0.3 is 10.6 Å². The summed E-state index contributed by atoms with van der Waals surface area (Å²) in [5.74, 6) is -0.0701. The molecule has 0 saturated carbocycles. The molecule has 2 rings (SSSR count). The molecule has 0 aliphatic heterocycles. The van der Waals surface area contributed by atoms with Crippen molar-refractivity contribution in [3.63, 3.8) is 0 Å². The van der Waals surface area contributed by atoms with Gasteiger partial charge in [0.2, 0.25) is 0 Å². The van der Waals surface area contributed by atoms with Crippen LogP contribution in [0.1, 0.15) is 22.8 Å². The van der Waals surface area contributed by atoms with E-state index < -0.39 is 0 Å². The molecule has 22 heavy (non-hydrogen) atoms. The van der Waals surface area contributed by atoms with Gasteiger partial charge in [-0.3, -0.25) is 9.59 Å². The number of amides is 1. The topological polar surface area (TPSA) is 62.8 Å². The monoisotopic (exact) mass is 297 g/mol. The van der Waals surface area contributed by atoms with Crippen molar-refractivity contribution >= 4 is 17.4 Å². The summed E-state index contributed by atoms with van der Waals surface area (Å²) in [4.78, 5) is 23.2. The second-order valence-electron chi connectivity index (χ2n) is 5.20. The number of quaternary nitrogens is 1. The molecule has 0 aromatic heterocycles. The molecule has 0 heterocycles. The van der Waals surface area contributed by atoms with Crippen LogP contribution in [-0.2, 0) is 11.2 Å². The summed E-state index contributed by atoms with van der Waals surface area (Å²) in [5.41, 5.74) is 2.54. The van der Waals surface area contributed by atoms with E-state index in [1.54, 1.807) is 24.3 Å². The molecule has 0 fully saturated rings. The molecule has 114 valence electrons. The van der Waals surface area contributed by atoms with Crippen LogP contribution in [0.15, 0.2) is 54.6 Å². The Kier molecular flexibility index (Phi) is 5.86. The van der Waals surface area contributed by atoms with Gasteiger partial charge in [-0.05, 0) is 24.6 Å². The first kappa shape index (κ1) is 15.9. The van der Waals surface area contributed by atoms with E-state index in [0.29, 0.717) is 17.8 Å². The molecule has 2 aromatic rings. The first-order valence-electron chi connectivity index (χ1n) is 7.41. The standard InChI is InChI=1S/C18H20N2O2/c1-14(21)16-8-5-9-17(12-16)20-18(22)13-19-11-10-15-6-3-2-4-7-15/h2-9,12,19H,10-11,13H2,1H3,(H,20,22)/p+1. The molecule has 4 nitrogen and oxygen atoms in total. The lowest BCUT2D eigenvalue weighted by atomic mass is 10.1. The number of benzene rings is 2. The fraction of sp³-hybridized carbons (Fsp3) is 0.222. The van der Waals surface area contributed by atoms with Gasteiger partial charge in [0.25, 0.3) is 5.91 Å². The molecule has 0 radical (unpaired) electrons. The summed E-state index contributed by atoms with van der Waals surface area (Å²) < 4.78 is 0. The van der Waals surface area contributed by atoms with Gasteiger partial charge in [-0.2, -0.15) is 0 Å². The Morgan fingerprint density at radius 3 is 2.55 bits per heavy atom. The number of anilines is 1. The van der Waals surface area contributed by atoms with Crippen LogP contribution in [0.2, 0.25) is 0 Å². The summed E-state index contributed by atoms with van der Waals surface area (Å²) in [6.45, 7) is 2.75. The van der Waals surface area contributed by atoms with Crippen LogP contribution >= 0.6 is 0 Å². The zero-order valence-corrected chi connectivity index (χ0v) is 12.7. The Hall–Kier alpha value is -2.46. The molecule has 0 saturated heterocycles. The third kappa shape index (κ3) is 5.14. The number of ketones is 1. The minimum absolute atomic E-state index is 0.00878. The van der Waals surface area contributed by atoms with Crippen LogP contribution in [0.4, 0.5) is 5.69 Å². The number of Topliss-reactive ketones (excluding diaryl/α,β-unsaturated/α-hetero) is 1. The lowest BCUT2D eigenvalue weighted by Gasteiger charge is -2.06. The largest absolute Gasteiger partial charge is 0.338 e. The van der Waals surface area contributed by atoms with Crippen molar-refractivity contribution in [3.05, 3.63) is 65.7 Å². The molecule has 3 N–H and O–H groups in total. The summed E-state index contributed by atoms with van der Waals surface area (Å²) in [6, 6.07) is 17.2. The number of nitrogens with one attached hydrogen (secondary N) is 1. The summed E-state index contributed by atoms with van der Waals surface area (Å²) in [5, 5.41) is 4.80. The highest BCUT2D eigenvalue weighted by Gasteiger charge is 2.06. The third-order valence-electron chi connectivity index (χ3n) is 3.36. The van der Waals surface area contributed by atoms with Crippen LogP contribution in [0, 0.1) is 0 Å². The smallest absolute Gasteiger partial charge is 0.279 e. The van der Waals surface area contributed by atoms with Gasteiger partial charge in [0, 0.05) is 17.7 Å². The normalized spacial score (nSPS) is 10.2. The van der Waals surface area contributed by atoms with Crippen molar-refractivity contribution < 1.29 is 14.9 Å². The van der Waals surface area contributed by atoms with E-state index in [1.165, 1.54) is 12.5 Å². The van der Waals surface area contributed by atoms with Gasteiger partial charge in [0.15, 0.2) is 12.3 Å². The Bertz CT molecular complexity index is 639. The van der Waals surface area contributed by atoms with E-state index in [0.717, 1.165) is 13.0 Å². The summed E-state index contributed by atoms with van der Waals surface area (Å²) in [6.07, 6.45) is 0.938. The fourth-order valence-corrected chi connectivity index (χ4v) is 2.17. The van der Waals surface area contributed by atoms with Crippen LogP contribution in [-0.4, -0.2) is 24.8 Å². The minimum Gasteiger partial charge on any atom is -0.338 e. The molecular weight excluding hydrogens is 276 g/mol. The fourth-order valence-electron chi connectivity index (χ4n) is 2.17. The number of hydrogen-bond acceptors (Lipinski definition) is 2. The van der Waals surface area contributed by atoms with E-state index in [2.05, 4.69) is 17.4 Å². The van der Waals surface area contributed by atoms with Gasteiger partial charge in [0.05, 0.1) is 6.54 Å². The van der Waals surface area contributed by atoms with Crippen LogP contribution in [0.5, 0.6) is 0 Å². The van der Waals surface area contributed by atoms with Crippen molar-refractivity contribution in [2.75, 3.05) is 18.4 Å². The molecule has 0 aliphatic rings. The van der Waals surface area contributed by atoms with Gasteiger partial charge in [-0.1, -0.05) is 42.5 Å². The molecule has 0 unspecified atom stereocenters. The first-order valence-corrected chi connectivity index (χ1v) is 7.41. The molecule has 0 aliphatic carbocycles. The number of carbonyl (C=O) groups is 2. The van der Waals surface area contributed by atoms with E-state index in [1.807, 2.05) is 23.5 Å². The summed E-state index contributed by atoms with van der Waals surface area (Å²) >= 11 is 0. The Morgan fingerprint density at radius 1 is 1.05 bits per heavy atom. The Morgan fingerprint density at radius 2 is 1.82 bits per heavy atom. The first-order chi connectivity index (χ1) is 10.6. The Balaban J connectivity index is 1.74. The predicted octanol–water partition coefficient (Wildman–Crippen LogP) is 1.63. The maximum atomic E-state index is 11.9. The summed E-state index contributed by atoms with van der Waals surface area (Å²) in [7, 11) is 0. The molecular formula is C18H21N2O2+. The minimum atomic E-state index is -0.0613. The lowest BCUT2D eigenvalue weighted by Crippen LogP contribution is -2.86. The van der Waals surface area contributed by atoms with Gasteiger partial charge in [-0.15, -0.1) is 0 Å². The second-order valence-corrected chi connectivity index (χ2v) is 5.20. The zero-order chi connectivity index (χ0) is 15.8. The van der Waals surface area contributed by atoms with E-state index >= 15 is 0 Å². The van der Waals surface area contributed by atoms with Crippen molar-refractivity contribution in [1.82, 2.24) is 0 Å². The lowest BCUT2D eigenvalue weighted by molar-refractivity contribution is -0.643. The van der Waals surface area contributed by atoms with Crippen LogP contribution < -0.4 is 10.6 Å². The number of rotatable bonds is 7. The average Bonchev–Trinajstić information content (AvgIpc) is 2.53. The SMILES string of the molecule is CC(=O)c1cccc(NC(=O)C[NH2+]CCc2ccccc2)c1. The van der Waals surface area contributed by atoms with E-state index in [4.69, 9.17) is 0 Å². The number of hydrogen-bond donors (Lipinski definition) is 2. The zero-order valence-electron chi connectivity index (χ0n) is 12.7. The Labute approximate surface area is 130 Å². The van der Waals surface area contributed by atoms with Gasteiger partial charge in [0.1, 0.15) is 0 Å². The van der Waals surface area contributed by atoms with Crippen LogP contribution in [0.25, 0.3) is 0 Å². The maximum Gasteiger partial charge on any atom is 0.279 e. The highest BCUT2D eigenvalue weighted by atomic mass is 16.2. The quantitative estimate of drug-likeness (QED) is 0.603. The molecule has 2 aromatic carbocycles. The van der Waals surface area contributed by atoms with Crippen molar-refractivity contribution in [2.45, 2.75) is 13.3 Å². The van der Waals surface area contributed by atoms with Crippen molar-refractivity contribution in [2.24, 2.45) is 0 Å². The molecule has 1 amide bonds. The number of nitrogens with two attached hydrogens (primary N) is 1. The van der Waals surface area contributed by atoms with Crippen molar-refractivity contribution in [3.8, 4) is 0 Å². The molecule has 0 spiro atoms. The van der Waals surface area contributed by atoms with Gasteiger partial charge in [-0.25, -0.2) is 0 Å². The average molecular weight is 297 g/mol. The van der Waals surface area contributed by atoms with Gasteiger partial charge >= 0.3 is 0 Å². The van der Waals surface area contributed by atoms with E-state index in [9.17, 15) is 9.59 Å². The predicted molar refractivity (Wildman–Crippen MR) is 86.9 cm³/mol. The highest BCUT2D eigenvalue weighted by Crippen LogP contribution is 2.10. The second kappa shape index (κ2) is 8.10. The third-order valence-corrected chi connectivity index (χ3v) is 3.36. The molecule has 0 bridgehead atoms. The highest BCUT2D eigenvalue weighted by molar-refractivity contribution is 5.97.